The molecular formula is C24H24N4O4S. The second-order valence-corrected chi connectivity index (χ2v) is 8.24. The molecule has 0 aliphatic carbocycles. The molecule has 0 radical (unpaired) electrons. The SMILES string of the molecule is C=CCn1c(SCC(=O)c2ccc(NC(=O)CC)cc2)nnc1[C@@H]1COc2ccccc2O1. The van der Waals surface area contributed by atoms with Gasteiger partial charge in [0.15, 0.2) is 34.4 Å². The van der Waals surface area contributed by atoms with Crippen LogP contribution in [0, 0.1) is 0 Å². The number of carbonyl (C=O) groups is 2. The third-order valence-corrected chi connectivity index (χ3v) is 5.96. The monoisotopic (exact) mass is 464 g/mol. The lowest BCUT2D eigenvalue weighted by Gasteiger charge is -2.26. The van der Waals surface area contributed by atoms with E-state index in [-0.39, 0.29) is 17.4 Å². The Balaban J connectivity index is 1.43. The fourth-order valence-corrected chi connectivity index (χ4v) is 4.14. The van der Waals surface area contributed by atoms with E-state index in [1.54, 1.807) is 37.3 Å². The number of ether oxygens (including phenoxy) is 2. The number of hydrogen-bond acceptors (Lipinski definition) is 7. The van der Waals surface area contributed by atoms with Gasteiger partial charge in [-0.1, -0.05) is 36.9 Å². The molecule has 2 heterocycles. The van der Waals surface area contributed by atoms with Crippen molar-refractivity contribution in [2.24, 2.45) is 0 Å². The molecule has 1 N–H and O–H groups in total. The Morgan fingerprint density at radius 3 is 2.67 bits per heavy atom. The van der Waals surface area contributed by atoms with Gasteiger partial charge in [-0.25, -0.2) is 0 Å². The van der Waals surface area contributed by atoms with E-state index in [1.165, 1.54) is 11.8 Å². The number of nitrogens with one attached hydrogen (secondary N) is 1. The van der Waals surface area contributed by atoms with E-state index >= 15 is 0 Å². The minimum atomic E-state index is -0.414. The summed E-state index contributed by atoms with van der Waals surface area (Å²) in [6.45, 7) is 6.40. The lowest BCUT2D eigenvalue weighted by Crippen LogP contribution is -2.25. The molecule has 1 amide bonds. The Kier molecular flexibility index (Phi) is 7.09. The predicted octanol–water partition coefficient (Wildman–Crippen LogP) is 4.30. The molecular weight excluding hydrogens is 440 g/mol. The number of para-hydroxylation sites is 2. The second-order valence-electron chi connectivity index (χ2n) is 7.30. The van der Waals surface area contributed by atoms with Crippen molar-refractivity contribution in [1.29, 1.82) is 0 Å². The first-order valence-electron chi connectivity index (χ1n) is 10.6. The zero-order chi connectivity index (χ0) is 23.2. The van der Waals surface area contributed by atoms with Gasteiger partial charge in [0, 0.05) is 24.2 Å². The molecule has 170 valence electrons. The van der Waals surface area contributed by atoms with Crippen molar-refractivity contribution in [2.45, 2.75) is 31.1 Å². The molecule has 1 aliphatic rings. The van der Waals surface area contributed by atoms with Crippen molar-refractivity contribution in [2.75, 3.05) is 17.7 Å². The first-order chi connectivity index (χ1) is 16.1. The number of hydrogen-bond donors (Lipinski definition) is 1. The van der Waals surface area contributed by atoms with Crippen LogP contribution in [0.5, 0.6) is 11.5 Å². The summed E-state index contributed by atoms with van der Waals surface area (Å²) in [4.78, 5) is 24.2. The van der Waals surface area contributed by atoms with Crippen LogP contribution < -0.4 is 14.8 Å². The molecule has 0 fully saturated rings. The molecule has 3 aromatic rings. The zero-order valence-corrected chi connectivity index (χ0v) is 19.0. The van der Waals surface area contributed by atoms with Gasteiger partial charge in [-0.2, -0.15) is 0 Å². The normalized spacial score (nSPS) is 14.5. The van der Waals surface area contributed by atoms with E-state index in [1.807, 2.05) is 28.8 Å². The number of ketones is 1. The van der Waals surface area contributed by atoms with Gasteiger partial charge in [0.05, 0.1) is 5.75 Å². The summed E-state index contributed by atoms with van der Waals surface area (Å²) in [5.74, 6) is 2.05. The summed E-state index contributed by atoms with van der Waals surface area (Å²) in [5.41, 5.74) is 1.23. The van der Waals surface area contributed by atoms with Crippen molar-refractivity contribution in [3.05, 3.63) is 72.6 Å². The topological polar surface area (TPSA) is 95.3 Å². The molecule has 33 heavy (non-hydrogen) atoms. The lowest BCUT2D eigenvalue weighted by molar-refractivity contribution is -0.115. The number of rotatable bonds is 9. The fourth-order valence-electron chi connectivity index (χ4n) is 3.29. The number of thioether (sulfide) groups is 1. The number of carbonyl (C=O) groups excluding carboxylic acids is 2. The third-order valence-electron chi connectivity index (χ3n) is 5.00. The van der Waals surface area contributed by atoms with Crippen LogP contribution in [0.15, 0.2) is 66.3 Å². The van der Waals surface area contributed by atoms with Crippen LogP contribution in [0.1, 0.15) is 35.6 Å². The van der Waals surface area contributed by atoms with Crippen LogP contribution in [0.2, 0.25) is 0 Å². The van der Waals surface area contributed by atoms with E-state index in [2.05, 4.69) is 22.1 Å². The minimum absolute atomic E-state index is 0.0470. The molecule has 2 aromatic carbocycles. The summed E-state index contributed by atoms with van der Waals surface area (Å²) in [7, 11) is 0. The molecule has 0 unspecified atom stereocenters. The first-order valence-corrected chi connectivity index (χ1v) is 11.6. The standard InChI is InChI=1S/C24H24N4O4S/c1-3-13-28-23(21-14-31-19-7-5-6-8-20(19)32-21)26-27-24(28)33-15-18(29)16-9-11-17(12-10-16)25-22(30)4-2/h3,5-12,21H,1,4,13-15H2,2H3,(H,25,30)/t21-/m0/s1. The maximum absolute atomic E-state index is 12.7. The molecule has 0 bridgehead atoms. The van der Waals surface area contributed by atoms with Crippen LogP contribution >= 0.6 is 11.8 Å². The molecule has 1 aromatic heterocycles. The maximum atomic E-state index is 12.7. The van der Waals surface area contributed by atoms with Crippen molar-refractivity contribution in [1.82, 2.24) is 14.8 Å². The van der Waals surface area contributed by atoms with Gasteiger partial charge < -0.3 is 14.8 Å². The summed E-state index contributed by atoms with van der Waals surface area (Å²) in [5, 5.41) is 12.0. The van der Waals surface area contributed by atoms with E-state index in [0.29, 0.717) is 53.3 Å². The maximum Gasteiger partial charge on any atom is 0.224 e. The number of aromatic nitrogens is 3. The van der Waals surface area contributed by atoms with Gasteiger partial charge in [-0.05, 0) is 36.4 Å². The van der Waals surface area contributed by atoms with Crippen LogP contribution in [0.3, 0.4) is 0 Å². The first kappa shape index (κ1) is 22.6. The molecule has 8 nitrogen and oxygen atoms in total. The van der Waals surface area contributed by atoms with E-state index in [9.17, 15) is 9.59 Å². The van der Waals surface area contributed by atoms with Crippen molar-refractivity contribution < 1.29 is 19.1 Å². The molecule has 9 heteroatoms. The van der Waals surface area contributed by atoms with Gasteiger partial charge in [0.1, 0.15) is 6.61 Å². The average molecular weight is 465 g/mol. The third kappa shape index (κ3) is 5.25. The number of allylic oxidation sites excluding steroid dienone is 1. The highest BCUT2D eigenvalue weighted by molar-refractivity contribution is 7.99. The largest absolute Gasteiger partial charge is 0.485 e. The summed E-state index contributed by atoms with van der Waals surface area (Å²) in [6.07, 6.45) is 1.73. The van der Waals surface area contributed by atoms with E-state index in [0.717, 1.165) is 0 Å². The predicted molar refractivity (Wildman–Crippen MR) is 126 cm³/mol. The lowest BCUT2D eigenvalue weighted by atomic mass is 10.1. The van der Waals surface area contributed by atoms with Gasteiger partial charge in [-0.3, -0.25) is 14.2 Å². The zero-order valence-electron chi connectivity index (χ0n) is 18.2. The molecule has 0 saturated carbocycles. The smallest absolute Gasteiger partial charge is 0.224 e. The van der Waals surface area contributed by atoms with Crippen molar-refractivity contribution in [3.63, 3.8) is 0 Å². The number of Topliss-reactive ketones (excluding diaryl/α,β-unsaturated/α-hetero) is 1. The number of anilines is 1. The minimum Gasteiger partial charge on any atom is -0.485 e. The van der Waals surface area contributed by atoms with Crippen molar-refractivity contribution >= 4 is 29.1 Å². The Hall–Kier alpha value is -3.59. The second kappa shape index (κ2) is 10.4. The number of amides is 1. The Bertz CT molecular complexity index is 1160. The van der Waals surface area contributed by atoms with Gasteiger partial charge in [-0.15, -0.1) is 16.8 Å². The highest BCUT2D eigenvalue weighted by atomic mass is 32.2. The van der Waals surface area contributed by atoms with Gasteiger partial charge in [0.25, 0.3) is 0 Å². The average Bonchev–Trinajstić information content (AvgIpc) is 3.25. The number of fused-ring (bicyclic) bond motifs is 1. The van der Waals surface area contributed by atoms with Crippen molar-refractivity contribution in [3.8, 4) is 11.5 Å². The molecule has 1 aliphatic heterocycles. The molecule has 0 saturated heterocycles. The molecule has 1 atom stereocenters. The molecule has 0 spiro atoms. The summed E-state index contributed by atoms with van der Waals surface area (Å²) in [6, 6.07) is 14.3. The number of nitrogens with zero attached hydrogens (tertiary/aromatic N) is 3. The van der Waals surface area contributed by atoms with Crippen LogP contribution in [0.25, 0.3) is 0 Å². The Morgan fingerprint density at radius 1 is 1.18 bits per heavy atom. The highest BCUT2D eigenvalue weighted by Gasteiger charge is 2.28. The van der Waals surface area contributed by atoms with E-state index in [4.69, 9.17) is 9.47 Å². The molecule has 4 rings (SSSR count). The van der Waals surface area contributed by atoms with Crippen LogP contribution in [0.4, 0.5) is 5.69 Å². The van der Waals surface area contributed by atoms with Gasteiger partial charge in [0.2, 0.25) is 5.91 Å². The number of benzene rings is 2. The van der Waals surface area contributed by atoms with Crippen LogP contribution in [-0.2, 0) is 11.3 Å². The summed E-state index contributed by atoms with van der Waals surface area (Å²) >= 11 is 1.30. The quantitative estimate of drug-likeness (QED) is 0.287. The van der Waals surface area contributed by atoms with Gasteiger partial charge >= 0.3 is 0 Å². The van der Waals surface area contributed by atoms with E-state index < -0.39 is 6.10 Å². The Morgan fingerprint density at radius 2 is 1.94 bits per heavy atom. The Labute approximate surface area is 196 Å². The van der Waals surface area contributed by atoms with Crippen LogP contribution in [-0.4, -0.2) is 38.8 Å². The highest BCUT2D eigenvalue weighted by Crippen LogP contribution is 2.36. The fraction of sp³-hybridized carbons (Fsp3) is 0.250. The summed E-state index contributed by atoms with van der Waals surface area (Å²) < 4.78 is 13.8.